The number of nitrogens with one attached hydrogen (secondary N) is 1. The van der Waals surface area contributed by atoms with Crippen molar-refractivity contribution in [2.24, 2.45) is 5.10 Å². The average molecular weight is 329 g/mol. The van der Waals surface area contributed by atoms with E-state index in [4.69, 9.17) is 9.47 Å². The lowest BCUT2D eigenvalue weighted by Crippen LogP contribution is -2.61. The van der Waals surface area contributed by atoms with Crippen LogP contribution in [0.1, 0.15) is 26.7 Å². The number of guanidine groups is 1. The predicted molar refractivity (Wildman–Crippen MR) is 80.9 cm³/mol. The van der Waals surface area contributed by atoms with Gasteiger partial charge in [-0.05, 0) is 26.7 Å². The zero-order valence-corrected chi connectivity index (χ0v) is 13.4. The van der Waals surface area contributed by atoms with E-state index in [2.05, 4.69) is 10.4 Å². The molecule has 2 unspecified atom stereocenters. The molecule has 2 fully saturated rings. The van der Waals surface area contributed by atoms with Crippen molar-refractivity contribution < 1.29 is 19.3 Å². The van der Waals surface area contributed by atoms with E-state index in [1.165, 1.54) is 0 Å². The molecule has 1 N–H and O–H groups in total. The second-order valence-corrected chi connectivity index (χ2v) is 5.51. The number of nitrogens with zero attached hydrogens (tertiary/aromatic N) is 4. The van der Waals surface area contributed by atoms with Crippen molar-refractivity contribution in [2.75, 3.05) is 33.1 Å². The van der Waals surface area contributed by atoms with E-state index >= 15 is 0 Å². The summed E-state index contributed by atoms with van der Waals surface area (Å²) in [6.45, 7) is 5.65. The Morgan fingerprint density at radius 2 is 2.43 bits per heavy atom. The monoisotopic (exact) mass is 329 g/mol. The third kappa shape index (κ3) is 4.76. The zero-order chi connectivity index (χ0) is 16.8. The minimum absolute atomic E-state index is 0.0200. The van der Waals surface area contributed by atoms with Crippen LogP contribution in [0.5, 0.6) is 0 Å². The molecule has 0 saturated carbocycles. The summed E-state index contributed by atoms with van der Waals surface area (Å²) in [7, 11) is 0. The molecule has 0 bridgehead atoms. The predicted octanol–water partition coefficient (Wildman–Crippen LogP) is -0.213. The molecule has 0 aromatic rings. The van der Waals surface area contributed by atoms with Gasteiger partial charge in [0.25, 0.3) is 5.96 Å². The lowest BCUT2D eigenvalue weighted by molar-refractivity contribution is -0.486. The summed E-state index contributed by atoms with van der Waals surface area (Å²) in [6.07, 6.45) is 1.92. The quantitative estimate of drug-likeness (QED) is 0.405. The molecule has 0 spiro atoms. The van der Waals surface area contributed by atoms with Crippen molar-refractivity contribution in [3.8, 4) is 0 Å². The van der Waals surface area contributed by atoms with Crippen molar-refractivity contribution in [2.45, 2.75) is 38.8 Å². The summed E-state index contributed by atoms with van der Waals surface area (Å²) >= 11 is 0. The summed E-state index contributed by atoms with van der Waals surface area (Å²) in [5.74, 6) is -0.126. The van der Waals surface area contributed by atoms with E-state index < -0.39 is 11.1 Å². The van der Waals surface area contributed by atoms with Gasteiger partial charge in [-0.3, -0.25) is 9.69 Å². The van der Waals surface area contributed by atoms with Crippen LogP contribution in [0.2, 0.25) is 0 Å². The molecule has 0 radical (unpaired) electrons. The number of hydrazone groups is 1. The first kappa shape index (κ1) is 17.4. The maximum Gasteiger partial charge on any atom is 0.323 e. The molecule has 0 aromatic heterocycles. The topological polar surface area (TPSA) is 110 Å². The van der Waals surface area contributed by atoms with Crippen molar-refractivity contribution in [3.63, 3.8) is 0 Å². The minimum Gasteiger partial charge on any atom is -0.465 e. The van der Waals surface area contributed by atoms with Crippen LogP contribution in [0.3, 0.4) is 0 Å². The van der Waals surface area contributed by atoms with Gasteiger partial charge < -0.3 is 19.7 Å². The molecule has 10 heteroatoms. The van der Waals surface area contributed by atoms with Gasteiger partial charge in [-0.2, -0.15) is 0 Å². The smallest absolute Gasteiger partial charge is 0.323 e. The SMILES string of the molecule is CCOC(=O)C(C)N1CN/C(=N\[N+](=O)[O-])N(CC2CCCO2)C1. The Balaban J connectivity index is 2.04. The summed E-state index contributed by atoms with van der Waals surface area (Å²) in [6, 6.07) is -0.452. The second-order valence-electron chi connectivity index (χ2n) is 5.51. The van der Waals surface area contributed by atoms with E-state index in [0.717, 1.165) is 12.8 Å². The van der Waals surface area contributed by atoms with E-state index in [1.54, 1.807) is 18.7 Å². The molecule has 2 atom stereocenters. The van der Waals surface area contributed by atoms with Gasteiger partial charge in [0.05, 0.1) is 26.0 Å². The first-order chi connectivity index (χ1) is 11.0. The Bertz CT molecular complexity index is 466. The fourth-order valence-corrected chi connectivity index (χ4v) is 2.65. The van der Waals surface area contributed by atoms with Gasteiger partial charge in [0.2, 0.25) is 0 Å². The summed E-state index contributed by atoms with van der Waals surface area (Å²) in [4.78, 5) is 26.1. The third-order valence-electron chi connectivity index (χ3n) is 3.89. The molecule has 0 aromatic carbocycles. The highest BCUT2D eigenvalue weighted by Gasteiger charge is 2.32. The normalized spacial score (nSPS) is 25.2. The Labute approximate surface area is 134 Å². The van der Waals surface area contributed by atoms with E-state index in [1.807, 2.05) is 4.90 Å². The van der Waals surface area contributed by atoms with E-state index in [9.17, 15) is 14.9 Å². The van der Waals surface area contributed by atoms with Gasteiger partial charge in [-0.25, -0.2) is 10.1 Å². The molecule has 0 amide bonds. The molecule has 130 valence electrons. The first-order valence-electron chi connectivity index (χ1n) is 7.75. The number of esters is 1. The number of hydrogen-bond donors (Lipinski definition) is 1. The van der Waals surface area contributed by atoms with Crippen LogP contribution >= 0.6 is 0 Å². The van der Waals surface area contributed by atoms with Crippen LogP contribution in [-0.4, -0.2) is 72.0 Å². The van der Waals surface area contributed by atoms with Crippen molar-refractivity contribution in [1.82, 2.24) is 15.1 Å². The second kappa shape index (κ2) is 8.06. The lowest BCUT2D eigenvalue weighted by atomic mass is 10.2. The number of nitro groups is 1. The Morgan fingerprint density at radius 1 is 1.65 bits per heavy atom. The number of carbonyl (C=O) groups is 1. The highest BCUT2D eigenvalue weighted by molar-refractivity contribution is 5.80. The van der Waals surface area contributed by atoms with Crippen LogP contribution < -0.4 is 5.32 Å². The van der Waals surface area contributed by atoms with Gasteiger partial charge in [0.15, 0.2) is 5.03 Å². The van der Waals surface area contributed by atoms with Crippen molar-refractivity contribution in [3.05, 3.63) is 10.1 Å². The number of hydrogen-bond acceptors (Lipinski definition) is 6. The number of rotatable bonds is 6. The summed E-state index contributed by atoms with van der Waals surface area (Å²) < 4.78 is 10.6. The van der Waals surface area contributed by atoms with Crippen LogP contribution in [0.15, 0.2) is 5.10 Å². The Hall–Kier alpha value is -1.94. The van der Waals surface area contributed by atoms with Gasteiger partial charge in [-0.15, -0.1) is 0 Å². The molecule has 0 aliphatic carbocycles. The number of ether oxygens (including phenoxy) is 2. The zero-order valence-electron chi connectivity index (χ0n) is 13.4. The summed E-state index contributed by atoms with van der Waals surface area (Å²) in [5.41, 5.74) is 0. The Morgan fingerprint density at radius 3 is 3.04 bits per heavy atom. The highest BCUT2D eigenvalue weighted by atomic mass is 16.7. The fourth-order valence-electron chi connectivity index (χ4n) is 2.65. The maximum atomic E-state index is 11.9. The molecule has 2 aliphatic heterocycles. The standard InChI is InChI=1S/C13H23N5O5/c1-3-22-12(19)10(2)17-8-14-13(15-18(20)21)16(9-17)7-11-5-4-6-23-11/h10-11H,3-9H2,1-2H3,(H,14,15). The largest absolute Gasteiger partial charge is 0.465 e. The van der Waals surface area contributed by atoms with Crippen LogP contribution in [0.4, 0.5) is 0 Å². The minimum atomic E-state index is -0.727. The maximum absolute atomic E-state index is 11.9. The molecular formula is C13H23N5O5. The molecule has 10 nitrogen and oxygen atoms in total. The molecule has 2 aliphatic rings. The average Bonchev–Trinajstić information content (AvgIpc) is 3.01. The Kier molecular flexibility index (Phi) is 6.11. The molecule has 2 saturated heterocycles. The van der Waals surface area contributed by atoms with E-state index in [0.29, 0.717) is 26.4 Å². The van der Waals surface area contributed by atoms with Gasteiger partial charge in [0, 0.05) is 13.2 Å². The lowest BCUT2D eigenvalue weighted by Gasteiger charge is -2.39. The molecule has 2 rings (SSSR count). The summed E-state index contributed by atoms with van der Waals surface area (Å²) in [5, 5.41) is 16.3. The highest BCUT2D eigenvalue weighted by Crippen LogP contribution is 2.16. The van der Waals surface area contributed by atoms with E-state index in [-0.39, 0.29) is 24.7 Å². The number of carbonyl (C=O) groups excluding carboxylic acids is 1. The van der Waals surface area contributed by atoms with Gasteiger partial charge >= 0.3 is 5.97 Å². The van der Waals surface area contributed by atoms with Gasteiger partial charge in [0.1, 0.15) is 11.1 Å². The fraction of sp³-hybridized carbons (Fsp3) is 0.846. The first-order valence-corrected chi connectivity index (χ1v) is 7.75. The molecule has 2 heterocycles. The molecule has 23 heavy (non-hydrogen) atoms. The van der Waals surface area contributed by atoms with Gasteiger partial charge in [-0.1, -0.05) is 0 Å². The van der Waals surface area contributed by atoms with Crippen molar-refractivity contribution in [1.29, 1.82) is 0 Å². The molecular weight excluding hydrogens is 306 g/mol. The van der Waals surface area contributed by atoms with Crippen LogP contribution in [-0.2, 0) is 14.3 Å². The van der Waals surface area contributed by atoms with Crippen molar-refractivity contribution >= 4 is 11.9 Å². The van der Waals surface area contributed by atoms with Crippen LogP contribution in [0.25, 0.3) is 0 Å². The third-order valence-corrected chi connectivity index (χ3v) is 3.89. The van der Waals surface area contributed by atoms with Crippen LogP contribution in [0, 0.1) is 10.1 Å².